The van der Waals surface area contributed by atoms with Gasteiger partial charge in [0.25, 0.3) is 0 Å². The Morgan fingerprint density at radius 2 is 1.85 bits per heavy atom. The number of benzene rings is 2. The SMILES string of the molecule is COCC(=O)Nc1ccc(N2C(=S)N[C@@H](c3ccccn3)[C@H]2c2cccn2-c2ccc(C(=O)O)cc2)cc1C. The smallest absolute Gasteiger partial charge is 0.335 e. The van der Waals surface area contributed by atoms with Crippen LogP contribution >= 0.6 is 12.2 Å². The maximum atomic E-state index is 12.1. The molecule has 1 fully saturated rings. The first-order valence-electron chi connectivity index (χ1n) is 12.3. The highest BCUT2D eigenvalue weighted by atomic mass is 32.1. The number of hydrogen-bond acceptors (Lipinski definition) is 5. The van der Waals surface area contributed by atoms with E-state index in [1.54, 1.807) is 30.5 Å². The molecule has 9 nitrogen and oxygen atoms in total. The number of carboxylic acid groups (broad SMARTS) is 1. The summed E-state index contributed by atoms with van der Waals surface area (Å²) in [4.78, 5) is 30.1. The lowest BCUT2D eigenvalue weighted by molar-refractivity contribution is -0.119. The summed E-state index contributed by atoms with van der Waals surface area (Å²) in [7, 11) is 1.48. The van der Waals surface area contributed by atoms with E-state index < -0.39 is 5.97 Å². The minimum atomic E-state index is -0.974. The van der Waals surface area contributed by atoms with E-state index in [1.807, 2.05) is 66.2 Å². The molecule has 0 aliphatic carbocycles. The number of rotatable bonds is 8. The van der Waals surface area contributed by atoms with Crippen molar-refractivity contribution in [3.8, 4) is 5.69 Å². The number of carboxylic acids is 1. The van der Waals surface area contributed by atoms with Gasteiger partial charge in [0.15, 0.2) is 5.11 Å². The van der Waals surface area contributed by atoms with Crippen molar-refractivity contribution in [1.82, 2.24) is 14.9 Å². The van der Waals surface area contributed by atoms with Crippen LogP contribution in [0.1, 0.15) is 39.4 Å². The van der Waals surface area contributed by atoms with E-state index in [0.29, 0.717) is 10.8 Å². The van der Waals surface area contributed by atoms with Gasteiger partial charge in [0.2, 0.25) is 5.91 Å². The van der Waals surface area contributed by atoms with Gasteiger partial charge in [0.1, 0.15) is 12.6 Å². The summed E-state index contributed by atoms with van der Waals surface area (Å²) in [6.45, 7) is 1.90. The molecule has 0 saturated carbocycles. The number of methoxy groups -OCH3 is 1. The average Bonchev–Trinajstić information content (AvgIpc) is 3.55. The molecule has 2 aromatic heterocycles. The van der Waals surface area contributed by atoms with Crippen LogP contribution in [0.4, 0.5) is 11.4 Å². The third-order valence-electron chi connectivity index (χ3n) is 6.61. The van der Waals surface area contributed by atoms with Gasteiger partial charge in [-0.25, -0.2) is 4.79 Å². The minimum Gasteiger partial charge on any atom is -0.478 e. The van der Waals surface area contributed by atoms with E-state index in [1.165, 1.54) is 7.11 Å². The van der Waals surface area contributed by atoms with Gasteiger partial charge in [-0.1, -0.05) is 6.07 Å². The van der Waals surface area contributed by atoms with Gasteiger partial charge in [-0.05, 0) is 91.4 Å². The van der Waals surface area contributed by atoms with Gasteiger partial charge in [-0.2, -0.15) is 0 Å². The molecular formula is C29H27N5O4S. The Morgan fingerprint density at radius 1 is 1.08 bits per heavy atom. The molecule has 1 aliphatic rings. The van der Waals surface area contributed by atoms with Gasteiger partial charge in [-0.15, -0.1) is 0 Å². The van der Waals surface area contributed by atoms with E-state index in [2.05, 4.69) is 20.5 Å². The number of ether oxygens (including phenoxy) is 1. The van der Waals surface area contributed by atoms with Gasteiger partial charge in [0, 0.05) is 42.3 Å². The van der Waals surface area contributed by atoms with Crippen molar-refractivity contribution in [2.24, 2.45) is 0 Å². The third-order valence-corrected chi connectivity index (χ3v) is 6.93. The van der Waals surface area contributed by atoms with Crippen molar-refractivity contribution in [2.75, 3.05) is 23.9 Å². The molecule has 0 bridgehead atoms. The molecule has 1 amide bonds. The van der Waals surface area contributed by atoms with Gasteiger partial charge >= 0.3 is 5.97 Å². The van der Waals surface area contributed by atoms with Crippen molar-refractivity contribution >= 4 is 40.6 Å². The average molecular weight is 542 g/mol. The Balaban J connectivity index is 1.58. The fraction of sp³-hybridized carbons (Fsp3) is 0.172. The maximum Gasteiger partial charge on any atom is 0.335 e. The summed E-state index contributed by atoms with van der Waals surface area (Å²) >= 11 is 5.86. The highest BCUT2D eigenvalue weighted by molar-refractivity contribution is 7.80. The molecule has 0 radical (unpaired) electrons. The summed E-state index contributed by atoms with van der Waals surface area (Å²) in [5, 5.41) is 16.2. The zero-order valence-electron chi connectivity index (χ0n) is 21.4. The Hall–Kier alpha value is -4.54. The normalized spacial score (nSPS) is 16.7. The molecule has 0 spiro atoms. The number of aromatic carboxylic acids is 1. The Bertz CT molecular complexity index is 1520. The number of nitrogens with one attached hydrogen (secondary N) is 2. The number of pyridine rings is 1. The fourth-order valence-corrected chi connectivity index (χ4v) is 5.17. The van der Waals surface area contributed by atoms with Gasteiger partial charge < -0.3 is 29.9 Å². The second-order valence-corrected chi connectivity index (χ2v) is 9.52. The minimum absolute atomic E-state index is 0.0282. The zero-order chi connectivity index (χ0) is 27.5. The second kappa shape index (κ2) is 11.1. The predicted molar refractivity (Wildman–Crippen MR) is 152 cm³/mol. The van der Waals surface area contributed by atoms with Crippen LogP contribution in [0.3, 0.4) is 0 Å². The monoisotopic (exact) mass is 541 g/mol. The second-order valence-electron chi connectivity index (χ2n) is 9.13. The van der Waals surface area contributed by atoms with Crippen LogP contribution in [-0.4, -0.2) is 45.4 Å². The maximum absolute atomic E-state index is 12.1. The molecule has 2 aromatic carbocycles. The fourth-order valence-electron chi connectivity index (χ4n) is 4.82. The van der Waals surface area contributed by atoms with Crippen LogP contribution < -0.4 is 15.5 Å². The molecule has 5 rings (SSSR count). The molecule has 4 aromatic rings. The highest BCUT2D eigenvalue weighted by Crippen LogP contribution is 2.42. The summed E-state index contributed by atoms with van der Waals surface area (Å²) in [6.07, 6.45) is 3.70. The van der Waals surface area contributed by atoms with Gasteiger partial charge in [0.05, 0.1) is 17.3 Å². The Kier molecular flexibility index (Phi) is 7.40. The van der Waals surface area contributed by atoms with Crippen LogP contribution in [0, 0.1) is 6.92 Å². The highest BCUT2D eigenvalue weighted by Gasteiger charge is 2.42. The van der Waals surface area contributed by atoms with Crippen molar-refractivity contribution in [2.45, 2.75) is 19.0 Å². The van der Waals surface area contributed by atoms with Crippen LogP contribution in [0.2, 0.25) is 0 Å². The molecule has 0 unspecified atom stereocenters. The van der Waals surface area contributed by atoms with Crippen LogP contribution in [0.15, 0.2) is 85.2 Å². The van der Waals surface area contributed by atoms with Crippen molar-refractivity contribution in [3.05, 3.63) is 108 Å². The lowest BCUT2D eigenvalue weighted by Crippen LogP contribution is -2.30. The summed E-state index contributed by atoms with van der Waals surface area (Å²) in [5.41, 5.74) is 5.24. The number of aryl methyl sites for hydroxylation is 1. The number of carbonyl (C=O) groups is 2. The molecule has 3 heterocycles. The van der Waals surface area contributed by atoms with E-state index >= 15 is 0 Å². The molecular weight excluding hydrogens is 514 g/mol. The number of hydrogen-bond donors (Lipinski definition) is 3. The number of amides is 1. The van der Waals surface area contributed by atoms with Crippen molar-refractivity contribution in [3.63, 3.8) is 0 Å². The first kappa shape index (κ1) is 26.1. The number of thiocarbonyl (C=S) groups is 1. The van der Waals surface area contributed by atoms with Gasteiger partial charge in [-0.3, -0.25) is 9.78 Å². The largest absolute Gasteiger partial charge is 0.478 e. The first-order valence-corrected chi connectivity index (χ1v) is 12.7. The number of carbonyl (C=O) groups excluding carboxylic acids is 1. The number of aromatic nitrogens is 2. The number of nitrogens with zero attached hydrogens (tertiary/aromatic N) is 3. The molecule has 39 heavy (non-hydrogen) atoms. The lowest BCUT2D eigenvalue weighted by atomic mass is 10.00. The molecule has 198 valence electrons. The van der Waals surface area contributed by atoms with Crippen molar-refractivity contribution in [1.29, 1.82) is 0 Å². The summed E-state index contributed by atoms with van der Waals surface area (Å²) < 4.78 is 6.96. The van der Waals surface area contributed by atoms with E-state index in [0.717, 1.165) is 28.3 Å². The van der Waals surface area contributed by atoms with Crippen LogP contribution in [0.5, 0.6) is 0 Å². The third kappa shape index (κ3) is 5.25. The van der Waals surface area contributed by atoms with Crippen molar-refractivity contribution < 1.29 is 19.4 Å². The standard InChI is InChI=1S/C29H27N5O4S/c1-18-16-21(12-13-22(18)31-25(35)17-38-2)34-27(26(32-29(34)39)23-6-3-4-14-30-23)24-7-5-15-33(24)20-10-8-19(9-11-20)28(36)37/h3-16,26-27H,17H2,1-2H3,(H,31,35)(H,32,39)(H,36,37)/t26-,27+/m0/s1. The van der Waals surface area contributed by atoms with E-state index in [4.69, 9.17) is 17.0 Å². The predicted octanol–water partition coefficient (Wildman–Crippen LogP) is 4.64. The molecule has 1 saturated heterocycles. The van der Waals surface area contributed by atoms with Crippen LogP contribution in [-0.2, 0) is 9.53 Å². The number of anilines is 2. The Morgan fingerprint density at radius 3 is 2.51 bits per heavy atom. The van der Waals surface area contributed by atoms with Crippen LogP contribution in [0.25, 0.3) is 5.69 Å². The molecule has 1 aliphatic heterocycles. The zero-order valence-corrected chi connectivity index (χ0v) is 22.2. The summed E-state index contributed by atoms with van der Waals surface area (Å²) in [6, 6.07) is 21.7. The van der Waals surface area contributed by atoms with E-state index in [-0.39, 0.29) is 30.2 Å². The van der Waals surface area contributed by atoms with E-state index in [9.17, 15) is 14.7 Å². The molecule has 2 atom stereocenters. The first-order chi connectivity index (χ1) is 18.9. The summed E-state index contributed by atoms with van der Waals surface area (Å²) in [5.74, 6) is -1.20. The quantitative estimate of drug-likeness (QED) is 0.277. The Labute approximate surface area is 231 Å². The lowest BCUT2D eigenvalue weighted by Gasteiger charge is -2.29. The molecule has 3 N–H and O–H groups in total. The topological polar surface area (TPSA) is 109 Å². The molecule has 10 heteroatoms.